The van der Waals surface area contributed by atoms with Gasteiger partial charge in [-0.15, -0.1) is 0 Å². The van der Waals surface area contributed by atoms with Crippen LogP contribution in [-0.4, -0.2) is 29.4 Å². The van der Waals surface area contributed by atoms with Gasteiger partial charge in [-0.1, -0.05) is 0 Å². The number of hydrogen-bond donors (Lipinski definition) is 1. The van der Waals surface area contributed by atoms with Crippen molar-refractivity contribution in [3.8, 4) is 0 Å². The van der Waals surface area contributed by atoms with Crippen LogP contribution in [-0.2, 0) is 11.3 Å². The zero-order valence-corrected chi connectivity index (χ0v) is 13.8. The summed E-state index contributed by atoms with van der Waals surface area (Å²) in [5.74, 6) is -0.554. The number of alkyl halides is 3. The SMILES string of the molecule is O=C(Nc1ccc(C(=O)N(Cc2ccco2)CC(F)(F)F)cc1)C1CC1. The minimum Gasteiger partial charge on any atom is -0.467 e. The Morgan fingerprint density at radius 3 is 2.38 bits per heavy atom. The second kappa shape index (κ2) is 7.23. The van der Waals surface area contributed by atoms with Crippen molar-refractivity contribution in [1.29, 1.82) is 0 Å². The molecular weight excluding hydrogens is 349 g/mol. The summed E-state index contributed by atoms with van der Waals surface area (Å²) in [6.07, 6.45) is -1.47. The Hall–Kier alpha value is -2.77. The molecule has 1 saturated carbocycles. The zero-order chi connectivity index (χ0) is 18.7. The second-order valence-electron chi connectivity index (χ2n) is 6.20. The van der Waals surface area contributed by atoms with Gasteiger partial charge in [-0.3, -0.25) is 9.59 Å². The Bertz CT molecular complexity index is 766. The van der Waals surface area contributed by atoms with E-state index in [9.17, 15) is 22.8 Å². The van der Waals surface area contributed by atoms with E-state index in [-0.39, 0.29) is 29.7 Å². The first kappa shape index (κ1) is 18.0. The molecule has 1 heterocycles. The summed E-state index contributed by atoms with van der Waals surface area (Å²) in [7, 11) is 0. The summed E-state index contributed by atoms with van der Waals surface area (Å²) in [6, 6.07) is 8.86. The molecule has 0 radical (unpaired) electrons. The fraction of sp³-hybridized carbons (Fsp3) is 0.333. The number of halogens is 3. The highest BCUT2D eigenvalue weighted by Gasteiger charge is 2.34. The first-order valence-electron chi connectivity index (χ1n) is 8.11. The smallest absolute Gasteiger partial charge is 0.406 e. The van der Waals surface area contributed by atoms with Gasteiger partial charge in [0.1, 0.15) is 12.3 Å². The maximum Gasteiger partial charge on any atom is 0.406 e. The van der Waals surface area contributed by atoms with E-state index in [2.05, 4.69) is 5.32 Å². The molecule has 5 nitrogen and oxygen atoms in total. The molecule has 0 saturated heterocycles. The Morgan fingerprint density at radius 1 is 1.15 bits per heavy atom. The van der Waals surface area contributed by atoms with E-state index in [4.69, 9.17) is 4.42 Å². The van der Waals surface area contributed by atoms with Crippen LogP contribution < -0.4 is 5.32 Å². The lowest BCUT2D eigenvalue weighted by Gasteiger charge is -2.23. The average Bonchev–Trinajstić information content (AvgIpc) is 3.31. The standard InChI is InChI=1S/C18H17F3N2O3/c19-18(20,21)11-23(10-15-2-1-9-26-15)17(25)13-5-7-14(8-6-13)22-16(24)12-3-4-12/h1-2,5-9,12H,3-4,10-11H2,(H,22,24). The van der Waals surface area contributed by atoms with E-state index >= 15 is 0 Å². The lowest BCUT2D eigenvalue weighted by atomic mass is 10.1. The lowest BCUT2D eigenvalue weighted by Crippen LogP contribution is -2.38. The lowest BCUT2D eigenvalue weighted by molar-refractivity contribution is -0.142. The maximum atomic E-state index is 12.8. The molecule has 1 fully saturated rings. The van der Waals surface area contributed by atoms with Crippen LogP contribution in [0.5, 0.6) is 0 Å². The predicted molar refractivity (Wildman–Crippen MR) is 87.3 cm³/mol. The van der Waals surface area contributed by atoms with Gasteiger partial charge in [0.15, 0.2) is 0 Å². The molecule has 0 aliphatic heterocycles. The zero-order valence-electron chi connectivity index (χ0n) is 13.8. The molecule has 1 N–H and O–H groups in total. The molecule has 1 aliphatic rings. The van der Waals surface area contributed by atoms with Gasteiger partial charge in [-0.2, -0.15) is 13.2 Å². The summed E-state index contributed by atoms with van der Waals surface area (Å²) < 4.78 is 43.5. The molecule has 3 rings (SSSR count). The van der Waals surface area contributed by atoms with Crippen molar-refractivity contribution in [2.45, 2.75) is 25.6 Å². The first-order chi connectivity index (χ1) is 12.3. The summed E-state index contributed by atoms with van der Waals surface area (Å²) in [4.78, 5) is 24.9. The van der Waals surface area contributed by atoms with E-state index in [0.717, 1.165) is 12.8 Å². The molecule has 1 aromatic carbocycles. The summed E-state index contributed by atoms with van der Waals surface area (Å²) in [5, 5.41) is 2.71. The van der Waals surface area contributed by atoms with Gasteiger partial charge in [0.2, 0.25) is 5.91 Å². The summed E-state index contributed by atoms with van der Waals surface area (Å²) in [6.45, 7) is -1.67. The Morgan fingerprint density at radius 2 is 1.85 bits per heavy atom. The van der Waals surface area contributed by atoms with Gasteiger partial charge in [0.05, 0.1) is 12.8 Å². The second-order valence-corrected chi connectivity index (χ2v) is 6.20. The van der Waals surface area contributed by atoms with Crippen LogP contribution in [0, 0.1) is 5.92 Å². The van der Waals surface area contributed by atoms with Gasteiger partial charge < -0.3 is 14.6 Å². The van der Waals surface area contributed by atoms with Crippen LogP contribution in [0.2, 0.25) is 0 Å². The molecular formula is C18H17F3N2O3. The van der Waals surface area contributed by atoms with Crippen molar-refractivity contribution in [2.24, 2.45) is 5.92 Å². The van der Waals surface area contributed by atoms with E-state index in [1.807, 2.05) is 0 Å². The Labute approximate surface area is 147 Å². The third-order valence-corrected chi connectivity index (χ3v) is 3.93. The number of hydrogen-bond acceptors (Lipinski definition) is 3. The topological polar surface area (TPSA) is 62.6 Å². The fourth-order valence-electron chi connectivity index (χ4n) is 2.48. The largest absolute Gasteiger partial charge is 0.467 e. The van der Waals surface area contributed by atoms with E-state index < -0.39 is 18.6 Å². The highest BCUT2D eigenvalue weighted by molar-refractivity contribution is 5.96. The number of furan rings is 1. The quantitative estimate of drug-likeness (QED) is 0.845. The van der Waals surface area contributed by atoms with Crippen LogP contribution >= 0.6 is 0 Å². The summed E-state index contributed by atoms with van der Waals surface area (Å²) in [5.41, 5.74) is 0.608. The van der Waals surface area contributed by atoms with E-state index in [1.54, 1.807) is 6.07 Å². The van der Waals surface area contributed by atoms with Crippen LogP contribution in [0.4, 0.5) is 18.9 Å². The minimum absolute atomic E-state index is 0.0341. The molecule has 8 heteroatoms. The fourth-order valence-corrected chi connectivity index (χ4v) is 2.48. The Kier molecular flexibility index (Phi) is 5.01. The molecule has 1 aliphatic carbocycles. The van der Waals surface area contributed by atoms with Crippen molar-refractivity contribution < 1.29 is 27.2 Å². The number of amides is 2. The van der Waals surface area contributed by atoms with Crippen molar-refractivity contribution >= 4 is 17.5 Å². The van der Waals surface area contributed by atoms with E-state index in [0.29, 0.717) is 10.6 Å². The van der Waals surface area contributed by atoms with Crippen LogP contribution in [0.3, 0.4) is 0 Å². The number of carbonyl (C=O) groups excluding carboxylic acids is 2. The van der Waals surface area contributed by atoms with Gasteiger partial charge in [-0.05, 0) is 49.2 Å². The molecule has 2 amide bonds. The van der Waals surface area contributed by atoms with Crippen LogP contribution in [0.15, 0.2) is 47.1 Å². The summed E-state index contributed by atoms with van der Waals surface area (Å²) >= 11 is 0. The molecule has 2 aromatic rings. The third kappa shape index (κ3) is 4.87. The van der Waals surface area contributed by atoms with Gasteiger partial charge >= 0.3 is 6.18 Å². The maximum absolute atomic E-state index is 12.8. The normalized spacial score (nSPS) is 14.1. The molecule has 0 atom stereocenters. The number of nitrogens with one attached hydrogen (secondary N) is 1. The molecule has 26 heavy (non-hydrogen) atoms. The highest BCUT2D eigenvalue weighted by Crippen LogP contribution is 2.30. The molecule has 0 unspecified atom stereocenters. The molecule has 138 valence electrons. The minimum atomic E-state index is -4.53. The number of benzene rings is 1. The van der Waals surface area contributed by atoms with Crippen molar-refractivity contribution in [3.63, 3.8) is 0 Å². The molecule has 1 aromatic heterocycles. The van der Waals surface area contributed by atoms with Gasteiger partial charge in [0.25, 0.3) is 5.91 Å². The van der Waals surface area contributed by atoms with E-state index in [1.165, 1.54) is 36.6 Å². The molecule has 0 spiro atoms. The van der Waals surface area contributed by atoms with Crippen LogP contribution in [0.25, 0.3) is 0 Å². The van der Waals surface area contributed by atoms with Crippen molar-refractivity contribution in [1.82, 2.24) is 4.90 Å². The number of anilines is 1. The first-order valence-corrected chi connectivity index (χ1v) is 8.11. The predicted octanol–water partition coefficient (Wildman–Crippen LogP) is 3.83. The number of carbonyl (C=O) groups is 2. The van der Waals surface area contributed by atoms with Gasteiger partial charge in [0, 0.05) is 17.2 Å². The Balaban J connectivity index is 1.71. The average molecular weight is 366 g/mol. The highest BCUT2D eigenvalue weighted by atomic mass is 19.4. The molecule has 0 bridgehead atoms. The van der Waals surface area contributed by atoms with Crippen molar-refractivity contribution in [2.75, 3.05) is 11.9 Å². The third-order valence-electron chi connectivity index (χ3n) is 3.93. The number of rotatable bonds is 6. The monoisotopic (exact) mass is 366 g/mol. The van der Waals surface area contributed by atoms with Crippen LogP contribution in [0.1, 0.15) is 29.0 Å². The number of nitrogens with zero attached hydrogens (tertiary/aromatic N) is 1. The van der Waals surface area contributed by atoms with Gasteiger partial charge in [-0.25, -0.2) is 0 Å². The van der Waals surface area contributed by atoms with Crippen molar-refractivity contribution in [3.05, 3.63) is 54.0 Å².